The van der Waals surface area contributed by atoms with E-state index in [0.29, 0.717) is 13.0 Å². The maximum Gasteiger partial charge on any atom is 0.389 e. The number of hydrogen-bond acceptors (Lipinski definition) is 3. The van der Waals surface area contributed by atoms with E-state index in [-0.39, 0.29) is 24.5 Å². The zero-order valence-corrected chi connectivity index (χ0v) is 10.7. The number of rotatable bonds is 8. The van der Waals surface area contributed by atoms with Gasteiger partial charge >= 0.3 is 6.18 Å². The average molecular weight is 256 g/mol. The van der Waals surface area contributed by atoms with Crippen molar-refractivity contribution in [2.45, 2.75) is 58.4 Å². The maximum absolute atomic E-state index is 12.0. The normalized spacial score (nSPS) is 16.2. The van der Waals surface area contributed by atoms with Crippen molar-refractivity contribution in [3.63, 3.8) is 0 Å². The van der Waals surface area contributed by atoms with Gasteiger partial charge in [0.05, 0.1) is 6.10 Å². The Morgan fingerprint density at radius 3 is 2.24 bits per heavy atom. The number of halogens is 3. The van der Waals surface area contributed by atoms with Crippen molar-refractivity contribution in [2.24, 2.45) is 11.8 Å². The van der Waals surface area contributed by atoms with Crippen LogP contribution in [0.1, 0.15) is 40.0 Å². The monoisotopic (exact) mass is 256 g/mol. The lowest BCUT2D eigenvalue weighted by molar-refractivity contribution is -0.136. The number of alkyl halides is 3. The van der Waals surface area contributed by atoms with E-state index in [1.807, 2.05) is 20.8 Å². The molecule has 0 spiro atoms. The van der Waals surface area contributed by atoms with Crippen LogP contribution in [0.3, 0.4) is 0 Å². The van der Waals surface area contributed by atoms with E-state index in [1.54, 1.807) is 0 Å². The molecule has 0 saturated carbocycles. The van der Waals surface area contributed by atoms with Crippen LogP contribution in [-0.2, 0) is 4.74 Å². The highest BCUT2D eigenvalue weighted by atomic mass is 19.4. The van der Waals surface area contributed by atoms with E-state index in [4.69, 9.17) is 10.6 Å². The van der Waals surface area contributed by atoms with E-state index >= 15 is 0 Å². The fraction of sp³-hybridized carbons (Fsp3) is 1.00. The molecule has 0 fully saturated rings. The minimum absolute atomic E-state index is 0.0641. The standard InChI is InChI=1S/C11H23F3N2O/c1-4-17-10(8(2)3)9(16-15)6-5-7-11(12,13)14/h8-10,16H,4-7,15H2,1-3H3. The van der Waals surface area contributed by atoms with Gasteiger partial charge in [0.1, 0.15) is 0 Å². The highest BCUT2D eigenvalue weighted by Crippen LogP contribution is 2.24. The lowest BCUT2D eigenvalue weighted by Crippen LogP contribution is -2.47. The van der Waals surface area contributed by atoms with Crippen LogP contribution < -0.4 is 11.3 Å². The Balaban J connectivity index is 4.19. The summed E-state index contributed by atoms with van der Waals surface area (Å²) >= 11 is 0. The van der Waals surface area contributed by atoms with Crippen molar-refractivity contribution in [3.05, 3.63) is 0 Å². The third-order valence-electron chi connectivity index (χ3n) is 2.60. The largest absolute Gasteiger partial charge is 0.389 e. The molecule has 0 aromatic carbocycles. The molecular weight excluding hydrogens is 233 g/mol. The Bertz CT molecular complexity index is 198. The van der Waals surface area contributed by atoms with E-state index in [1.165, 1.54) is 0 Å². The summed E-state index contributed by atoms with van der Waals surface area (Å²) in [6.07, 6.45) is -4.61. The number of hydrazine groups is 1. The highest BCUT2D eigenvalue weighted by Gasteiger charge is 2.29. The van der Waals surface area contributed by atoms with Gasteiger partial charge < -0.3 is 4.74 Å². The smallest absolute Gasteiger partial charge is 0.377 e. The highest BCUT2D eigenvalue weighted by molar-refractivity contribution is 4.78. The third kappa shape index (κ3) is 7.57. The first-order valence-electron chi connectivity index (χ1n) is 5.96. The van der Waals surface area contributed by atoms with Crippen molar-refractivity contribution in [1.29, 1.82) is 0 Å². The summed E-state index contributed by atoms with van der Waals surface area (Å²) in [7, 11) is 0. The van der Waals surface area contributed by atoms with Gasteiger partial charge in [-0.3, -0.25) is 11.3 Å². The number of nitrogens with two attached hydrogens (primary N) is 1. The van der Waals surface area contributed by atoms with Crippen LogP contribution >= 0.6 is 0 Å². The fourth-order valence-corrected chi connectivity index (χ4v) is 1.83. The lowest BCUT2D eigenvalue weighted by Gasteiger charge is -2.29. The summed E-state index contributed by atoms with van der Waals surface area (Å²) in [4.78, 5) is 0. The van der Waals surface area contributed by atoms with Gasteiger partial charge in [-0.25, -0.2) is 0 Å². The zero-order chi connectivity index (χ0) is 13.5. The summed E-state index contributed by atoms with van der Waals surface area (Å²) in [5.74, 6) is 5.59. The van der Waals surface area contributed by atoms with Crippen LogP contribution in [0.5, 0.6) is 0 Å². The number of nitrogens with one attached hydrogen (secondary N) is 1. The predicted octanol–water partition coefficient (Wildman–Crippen LogP) is 2.61. The van der Waals surface area contributed by atoms with Crippen molar-refractivity contribution in [2.75, 3.05) is 6.61 Å². The molecule has 3 nitrogen and oxygen atoms in total. The van der Waals surface area contributed by atoms with Crippen LogP contribution in [-0.4, -0.2) is 24.9 Å². The topological polar surface area (TPSA) is 47.3 Å². The molecule has 0 aromatic rings. The molecule has 0 aliphatic rings. The molecule has 0 saturated heterocycles. The molecular formula is C11H23F3N2O. The first kappa shape index (κ1) is 16.7. The second kappa shape index (κ2) is 7.89. The third-order valence-corrected chi connectivity index (χ3v) is 2.60. The molecule has 0 bridgehead atoms. The van der Waals surface area contributed by atoms with Gasteiger partial charge in [0.15, 0.2) is 0 Å². The molecule has 3 N–H and O–H groups in total. The molecule has 0 rings (SSSR count). The van der Waals surface area contributed by atoms with Gasteiger partial charge in [-0.05, 0) is 25.7 Å². The summed E-state index contributed by atoms with van der Waals surface area (Å²) < 4.78 is 41.6. The van der Waals surface area contributed by atoms with Gasteiger partial charge in [0.25, 0.3) is 0 Å². The van der Waals surface area contributed by atoms with Crippen LogP contribution in [0.15, 0.2) is 0 Å². The molecule has 104 valence electrons. The molecule has 0 aromatic heterocycles. The van der Waals surface area contributed by atoms with Crippen LogP contribution in [0.2, 0.25) is 0 Å². The lowest BCUT2D eigenvalue weighted by atomic mass is 9.95. The molecule has 0 radical (unpaired) electrons. The van der Waals surface area contributed by atoms with Crippen LogP contribution in [0, 0.1) is 5.92 Å². The number of ether oxygens (including phenoxy) is 1. The predicted molar refractivity (Wildman–Crippen MR) is 61.3 cm³/mol. The maximum atomic E-state index is 12.0. The van der Waals surface area contributed by atoms with Crippen LogP contribution in [0.4, 0.5) is 13.2 Å². The average Bonchev–Trinajstić information content (AvgIpc) is 2.20. The Hall–Kier alpha value is -0.330. The summed E-state index contributed by atoms with van der Waals surface area (Å²) in [6.45, 7) is 6.32. The molecule has 6 heteroatoms. The SMILES string of the molecule is CCOC(C(C)C)C(CCCC(F)(F)F)NN. The molecule has 0 aliphatic carbocycles. The van der Waals surface area contributed by atoms with Gasteiger partial charge in [-0.1, -0.05) is 13.8 Å². The van der Waals surface area contributed by atoms with E-state index in [2.05, 4.69) is 5.43 Å². The molecule has 17 heavy (non-hydrogen) atoms. The Kier molecular flexibility index (Phi) is 7.74. The summed E-state index contributed by atoms with van der Waals surface area (Å²) in [6, 6.07) is -0.239. The molecule has 0 heterocycles. The fourth-order valence-electron chi connectivity index (χ4n) is 1.83. The van der Waals surface area contributed by atoms with Crippen molar-refractivity contribution < 1.29 is 17.9 Å². The van der Waals surface area contributed by atoms with Crippen molar-refractivity contribution in [3.8, 4) is 0 Å². The number of hydrogen-bond donors (Lipinski definition) is 2. The summed E-state index contributed by atoms with van der Waals surface area (Å²) in [5, 5.41) is 0. The van der Waals surface area contributed by atoms with Gasteiger partial charge in [-0.2, -0.15) is 13.2 Å². The Labute approximate surface area is 101 Å². The molecule has 0 aliphatic heterocycles. The van der Waals surface area contributed by atoms with Gasteiger partial charge in [0, 0.05) is 19.1 Å². The Morgan fingerprint density at radius 2 is 1.88 bits per heavy atom. The van der Waals surface area contributed by atoms with Crippen molar-refractivity contribution >= 4 is 0 Å². The first-order valence-corrected chi connectivity index (χ1v) is 5.96. The van der Waals surface area contributed by atoms with Crippen molar-refractivity contribution in [1.82, 2.24) is 5.43 Å². The summed E-state index contributed by atoms with van der Waals surface area (Å²) in [5.41, 5.74) is 2.56. The Morgan fingerprint density at radius 1 is 1.29 bits per heavy atom. The van der Waals surface area contributed by atoms with Crippen LogP contribution in [0.25, 0.3) is 0 Å². The molecule has 2 unspecified atom stereocenters. The van der Waals surface area contributed by atoms with E-state index < -0.39 is 12.6 Å². The first-order chi connectivity index (χ1) is 7.81. The zero-order valence-electron chi connectivity index (χ0n) is 10.7. The van der Waals surface area contributed by atoms with E-state index in [9.17, 15) is 13.2 Å². The minimum Gasteiger partial charge on any atom is -0.377 e. The molecule has 0 amide bonds. The van der Waals surface area contributed by atoms with Gasteiger partial charge in [-0.15, -0.1) is 0 Å². The second-order valence-corrected chi connectivity index (χ2v) is 4.44. The van der Waals surface area contributed by atoms with Gasteiger partial charge in [0.2, 0.25) is 0 Å². The second-order valence-electron chi connectivity index (χ2n) is 4.44. The minimum atomic E-state index is -4.10. The molecule has 2 atom stereocenters. The quantitative estimate of drug-likeness (QED) is 0.518. The van der Waals surface area contributed by atoms with E-state index in [0.717, 1.165) is 0 Å².